The van der Waals surface area contributed by atoms with Crippen LogP contribution in [0.15, 0.2) is 65.7 Å². The Hall–Kier alpha value is -4.84. The first-order valence-corrected chi connectivity index (χ1v) is 11.1. The normalized spacial score (nSPS) is 11.0. The van der Waals surface area contributed by atoms with Crippen LogP contribution in [-0.2, 0) is 19.9 Å². The SMILES string of the molecule is Cc1cccnc1CCc1nc2c(-c3ccc(=O)n(C)c3)c(-c3cccc(C#N)c3)nc(N)n2n1. The molecule has 0 atom stereocenters. The van der Waals surface area contributed by atoms with Gasteiger partial charge in [0.25, 0.3) is 0 Å². The lowest BCUT2D eigenvalue weighted by molar-refractivity contribution is 0.814. The first-order chi connectivity index (χ1) is 16.9. The van der Waals surface area contributed by atoms with Crippen LogP contribution in [0.4, 0.5) is 5.95 Å². The fourth-order valence-electron chi connectivity index (χ4n) is 4.07. The Morgan fingerprint density at radius 1 is 1.06 bits per heavy atom. The molecule has 1 aromatic carbocycles. The molecule has 172 valence electrons. The third-order valence-electron chi connectivity index (χ3n) is 5.90. The number of pyridine rings is 2. The Labute approximate surface area is 201 Å². The smallest absolute Gasteiger partial charge is 0.250 e. The third-order valence-corrected chi connectivity index (χ3v) is 5.90. The number of nitrogens with two attached hydrogens (primary N) is 1. The van der Waals surface area contributed by atoms with Gasteiger partial charge in [-0.2, -0.15) is 9.78 Å². The zero-order valence-electron chi connectivity index (χ0n) is 19.3. The quantitative estimate of drug-likeness (QED) is 0.425. The summed E-state index contributed by atoms with van der Waals surface area (Å²) in [4.78, 5) is 26.0. The molecule has 35 heavy (non-hydrogen) atoms. The highest BCUT2D eigenvalue weighted by molar-refractivity contribution is 5.90. The molecule has 0 spiro atoms. The Morgan fingerprint density at radius 3 is 2.69 bits per heavy atom. The minimum Gasteiger partial charge on any atom is -0.368 e. The van der Waals surface area contributed by atoms with Crippen molar-refractivity contribution in [2.24, 2.45) is 7.05 Å². The number of rotatable bonds is 5. The summed E-state index contributed by atoms with van der Waals surface area (Å²) in [6.07, 6.45) is 4.77. The molecule has 0 amide bonds. The van der Waals surface area contributed by atoms with E-state index in [4.69, 9.17) is 10.7 Å². The summed E-state index contributed by atoms with van der Waals surface area (Å²) in [6.45, 7) is 2.03. The minimum absolute atomic E-state index is 0.130. The van der Waals surface area contributed by atoms with Gasteiger partial charge in [-0.25, -0.2) is 9.97 Å². The van der Waals surface area contributed by atoms with Crippen molar-refractivity contribution in [1.29, 1.82) is 5.26 Å². The van der Waals surface area contributed by atoms with Gasteiger partial charge in [-0.3, -0.25) is 9.78 Å². The molecule has 0 fully saturated rings. The van der Waals surface area contributed by atoms with E-state index in [0.717, 1.165) is 22.4 Å². The van der Waals surface area contributed by atoms with Gasteiger partial charge in [-0.05, 0) is 43.2 Å². The molecular formula is C26H22N8O. The van der Waals surface area contributed by atoms with Crippen LogP contribution < -0.4 is 11.3 Å². The highest BCUT2D eigenvalue weighted by Crippen LogP contribution is 2.34. The molecule has 0 saturated carbocycles. The van der Waals surface area contributed by atoms with E-state index in [0.29, 0.717) is 41.1 Å². The van der Waals surface area contributed by atoms with Gasteiger partial charge in [0.1, 0.15) is 0 Å². The number of nitriles is 1. The van der Waals surface area contributed by atoms with Crippen LogP contribution in [-0.4, -0.2) is 29.1 Å². The zero-order valence-corrected chi connectivity index (χ0v) is 19.3. The maximum absolute atomic E-state index is 12.1. The lowest BCUT2D eigenvalue weighted by atomic mass is 10.00. The van der Waals surface area contributed by atoms with Crippen LogP contribution in [0.2, 0.25) is 0 Å². The highest BCUT2D eigenvalue weighted by Gasteiger charge is 2.21. The predicted octanol–water partition coefficient (Wildman–Crippen LogP) is 3.10. The first-order valence-electron chi connectivity index (χ1n) is 11.1. The van der Waals surface area contributed by atoms with Crippen LogP contribution >= 0.6 is 0 Å². The second-order valence-corrected chi connectivity index (χ2v) is 8.28. The van der Waals surface area contributed by atoms with Gasteiger partial charge in [0, 0.05) is 48.7 Å². The number of hydrogen-bond acceptors (Lipinski definition) is 7. The van der Waals surface area contributed by atoms with Crippen molar-refractivity contribution in [3.8, 4) is 28.5 Å². The summed E-state index contributed by atoms with van der Waals surface area (Å²) in [6, 6.07) is 16.5. The van der Waals surface area contributed by atoms with Gasteiger partial charge >= 0.3 is 0 Å². The van der Waals surface area contributed by atoms with Gasteiger partial charge in [0.15, 0.2) is 11.5 Å². The summed E-state index contributed by atoms with van der Waals surface area (Å²) >= 11 is 0. The van der Waals surface area contributed by atoms with Gasteiger partial charge in [-0.1, -0.05) is 18.2 Å². The molecule has 0 unspecified atom stereocenters. The molecule has 9 heteroatoms. The number of aromatic nitrogens is 6. The van der Waals surface area contributed by atoms with Crippen LogP contribution in [0, 0.1) is 18.3 Å². The molecular weight excluding hydrogens is 440 g/mol. The molecule has 5 aromatic rings. The summed E-state index contributed by atoms with van der Waals surface area (Å²) in [5.74, 6) is 0.788. The number of benzene rings is 1. The molecule has 9 nitrogen and oxygen atoms in total. The van der Waals surface area contributed by atoms with E-state index >= 15 is 0 Å². The van der Waals surface area contributed by atoms with Crippen molar-refractivity contribution in [3.05, 3.63) is 93.9 Å². The van der Waals surface area contributed by atoms with Crippen LogP contribution in [0.1, 0.15) is 22.6 Å². The molecule has 4 aromatic heterocycles. The Bertz CT molecular complexity index is 1680. The molecule has 0 bridgehead atoms. The average Bonchev–Trinajstić information content (AvgIpc) is 3.30. The lowest BCUT2D eigenvalue weighted by Crippen LogP contribution is -2.14. The standard InChI is InChI=1S/C26H22N8O/c1-16-5-4-12-29-20(16)9-10-21-30-25-23(19-8-11-22(35)33(2)15-19)24(31-26(28)34(25)32-21)18-7-3-6-17(13-18)14-27/h3-8,11-13,15H,9-10H2,1-2H3,(H2,28,31). The van der Waals surface area contributed by atoms with Crippen molar-refractivity contribution in [1.82, 2.24) is 29.1 Å². The van der Waals surface area contributed by atoms with Crippen molar-refractivity contribution in [2.45, 2.75) is 19.8 Å². The molecule has 5 rings (SSSR count). The maximum atomic E-state index is 12.1. The minimum atomic E-state index is -0.130. The second-order valence-electron chi connectivity index (χ2n) is 8.28. The van der Waals surface area contributed by atoms with E-state index < -0.39 is 0 Å². The van der Waals surface area contributed by atoms with Gasteiger partial charge in [0.2, 0.25) is 11.5 Å². The van der Waals surface area contributed by atoms with E-state index in [1.807, 2.05) is 25.1 Å². The number of anilines is 1. The number of hydrogen-bond donors (Lipinski definition) is 1. The third kappa shape index (κ3) is 4.13. The van der Waals surface area contributed by atoms with Gasteiger partial charge < -0.3 is 10.3 Å². The summed E-state index contributed by atoms with van der Waals surface area (Å²) in [5.41, 5.74) is 12.0. The molecule has 0 aliphatic carbocycles. The van der Waals surface area contributed by atoms with Crippen molar-refractivity contribution < 1.29 is 0 Å². The molecule has 2 N–H and O–H groups in total. The number of fused-ring (bicyclic) bond motifs is 1. The Balaban J connectivity index is 1.70. The molecule has 4 heterocycles. The Kier molecular flexibility index (Phi) is 5.55. The average molecular weight is 463 g/mol. The van der Waals surface area contributed by atoms with Crippen molar-refractivity contribution in [3.63, 3.8) is 0 Å². The van der Waals surface area contributed by atoms with E-state index in [1.165, 1.54) is 15.1 Å². The first kappa shape index (κ1) is 22.0. The van der Waals surface area contributed by atoms with Crippen LogP contribution in [0.3, 0.4) is 0 Å². The zero-order chi connectivity index (χ0) is 24.5. The van der Waals surface area contributed by atoms with Gasteiger partial charge in [-0.15, -0.1) is 5.10 Å². The largest absolute Gasteiger partial charge is 0.368 e. The van der Waals surface area contributed by atoms with E-state index in [1.54, 1.807) is 43.7 Å². The highest BCUT2D eigenvalue weighted by atomic mass is 16.1. The molecule has 0 radical (unpaired) electrons. The maximum Gasteiger partial charge on any atom is 0.250 e. The van der Waals surface area contributed by atoms with Crippen molar-refractivity contribution in [2.75, 3.05) is 5.73 Å². The fraction of sp³-hybridized carbons (Fsp3) is 0.154. The number of aryl methyl sites for hydroxylation is 4. The number of nitrogens with zero attached hydrogens (tertiary/aromatic N) is 7. The summed E-state index contributed by atoms with van der Waals surface area (Å²) < 4.78 is 3.03. The predicted molar refractivity (Wildman–Crippen MR) is 132 cm³/mol. The monoisotopic (exact) mass is 462 g/mol. The number of nitrogen functional groups attached to an aromatic ring is 1. The lowest BCUT2D eigenvalue weighted by Gasteiger charge is -2.13. The van der Waals surface area contributed by atoms with E-state index in [-0.39, 0.29) is 11.5 Å². The molecule has 0 aliphatic rings. The summed E-state index contributed by atoms with van der Waals surface area (Å²) in [7, 11) is 1.69. The van der Waals surface area contributed by atoms with Gasteiger partial charge in [0.05, 0.1) is 22.9 Å². The van der Waals surface area contributed by atoms with E-state index in [2.05, 4.69) is 21.1 Å². The molecule has 0 saturated heterocycles. The Morgan fingerprint density at radius 2 is 1.91 bits per heavy atom. The summed E-state index contributed by atoms with van der Waals surface area (Å²) in [5, 5.41) is 14.0. The van der Waals surface area contributed by atoms with Crippen LogP contribution in [0.25, 0.3) is 28.0 Å². The van der Waals surface area contributed by atoms with E-state index in [9.17, 15) is 10.1 Å². The van der Waals surface area contributed by atoms with Crippen LogP contribution in [0.5, 0.6) is 0 Å². The van der Waals surface area contributed by atoms with Crippen molar-refractivity contribution >= 4 is 11.6 Å². The fourth-order valence-corrected chi connectivity index (χ4v) is 4.07. The molecule has 0 aliphatic heterocycles. The topological polar surface area (TPSA) is 128 Å². The second kappa shape index (κ2) is 8.83.